The van der Waals surface area contributed by atoms with E-state index in [0.29, 0.717) is 0 Å². The molecule has 2 rings (SSSR count). The highest BCUT2D eigenvalue weighted by molar-refractivity contribution is 6.74. The topological polar surface area (TPSA) is 39.2 Å². The van der Waals surface area contributed by atoms with E-state index >= 15 is 4.39 Å². The second kappa shape index (κ2) is 8.23. The molecule has 0 aliphatic heterocycles. The number of carbonyl (C=O) groups is 1. The molecule has 30 heavy (non-hydrogen) atoms. The van der Waals surface area contributed by atoms with Crippen LogP contribution in [0.2, 0.25) is 18.1 Å². The fourth-order valence-corrected chi connectivity index (χ4v) is 4.54. The summed E-state index contributed by atoms with van der Waals surface area (Å²) in [7, 11) is -2.39. The van der Waals surface area contributed by atoms with Crippen molar-refractivity contribution in [3.63, 3.8) is 0 Å². The number of alkyl halides is 2. The normalized spacial score (nSPS) is 13.1. The molecule has 0 bridgehead atoms. The Hall–Kier alpha value is -2.06. The standard InChI is InChI=1S/C22H27F4NO2Si/c1-21(2,3)30(6,7)29-22(4,5)15-12-16(19(28)20(25)26)27-18(17(15)24)13-8-10-14(23)11-9-13/h8-12,20H,1-7H3. The lowest BCUT2D eigenvalue weighted by Gasteiger charge is -2.43. The minimum Gasteiger partial charge on any atom is -0.408 e. The number of carbonyl (C=O) groups excluding carboxylic acids is 1. The van der Waals surface area contributed by atoms with Crippen LogP contribution in [0, 0.1) is 11.6 Å². The summed E-state index contributed by atoms with van der Waals surface area (Å²) in [5.74, 6) is -2.85. The molecule has 0 spiro atoms. The van der Waals surface area contributed by atoms with E-state index in [2.05, 4.69) is 4.98 Å². The van der Waals surface area contributed by atoms with E-state index in [1.165, 1.54) is 12.1 Å². The molecule has 164 valence electrons. The second-order valence-corrected chi connectivity index (χ2v) is 14.0. The number of pyridine rings is 1. The molecule has 0 fully saturated rings. The molecule has 0 unspecified atom stereocenters. The maximum absolute atomic E-state index is 15.6. The van der Waals surface area contributed by atoms with Gasteiger partial charge in [0.15, 0.2) is 14.1 Å². The zero-order chi connectivity index (χ0) is 23.1. The molecule has 2 aromatic rings. The van der Waals surface area contributed by atoms with Gasteiger partial charge in [0.05, 0.1) is 5.60 Å². The molecule has 0 aliphatic carbocycles. The summed E-state index contributed by atoms with van der Waals surface area (Å²) in [5, 5.41) is -0.185. The van der Waals surface area contributed by atoms with E-state index in [4.69, 9.17) is 4.43 Å². The fraction of sp³-hybridized carbons (Fsp3) is 0.455. The lowest BCUT2D eigenvalue weighted by atomic mass is 9.94. The first-order valence-corrected chi connectivity index (χ1v) is 12.5. The Morgan fingerprint density at radius 2 is 1.57 bits per heavy atom. The molecule has 0 saturated heterocycles. The summed E-state index contributed by atoms with van der Waals surface area (Å²) in [6, 6.07) is 5.81. The third-order valence-corrected chi connectivity index (χ3v) is 10.1. The van der Waals surface area contributed by atoms with Gasteiger partial charge >= 0.3 is 6.43 Å². The zero-order valence-electron chi connectivity index (χ0n) is 18.2. The minimum atomic E-state index is -3.29. The molecule has 0 amide bonds. The van der Waals surface area contributed by atoms with Crippen molar-refractivity contribution in [3.05, 3.63) is 53.2 Å². The number of hydrogen-bond donors (Lipinski definition) is 0. The Kier molecular flexibility index (Phi) is 6.64. The van der Waals surface area contributed by atoms with Gasteiger partial charge in [-0.3, -0.25) is 4.79 Å². The number of rotatable bonds is 6. The Balaban J connectivity index is 2.71. The number of hydrogen-bond acceptors (Lipinski definition) is 3. The third-order valence-electron chi connectivity index (χ3n) is 5.49. The maximum atomic E-state index is 15.6. The van der Waals surface area contributed by atoms with E-state index in [-0.39, 0.29) is 21.9 Å². The fourth-order valence-electron chi connectivity index (χ4n) is 2.85. The van der Waals surface area contributed by atoms with Gasteiger partial charge in [-0.15, -0.1) is 0 Å². The van der Waals surface area contributed by atoms with Crippen molar-refractivity contribution in [1.82, 2.24) is 4.98 Å². The zero-order valence-corrected chi connectivity index (χ0v) is 19.2. The van der Waals surface area contributed by atoms with E-state index in [9.17, 15) is 18.0 Å². The van der Waals surface area contributed by atoms with E-state index in [0.717, 1.165) is 18.2 Å². The van der Waals surface area contributed by atoms with Crippen LogP contribution < -0.4 is 0 Å². The van der Waals surface area contributed by atoms with Crippen LogP contribution in [0.1, 0.15) is 50.7 Å². The van der Waals surface area contributed by atoms with Gasteiger partial charge in [0.25, 0.3) is 0 Å². The maximum Gasteiger partial charge on any atom is 0.302 e. The third kappa shape index (κ3) is 4.98. The van der Waals surface area contributed by atoms with Crippen molar-refractivity contribution in [1.29, 1.82) is 0 Å². The monoisotopic (exact) mass is 441 g/mol. The van der Waals surface area contributed by atoms with Crippen LogP contribution in [0.25, 0.3) is 11.3 Å². The highest BCUT2D eigenvalue weighted by Gasteiger charge is 2.43. The lowest BCUT2D eigenvalue weighted by molar-refractivity contribution is 0.0670. The number of aromatic nitrogens is 1. The average Bonchev–Trinajstić information content (AvgIpc) is 2.60. The summed E-state index contributed by atoms with van der Waals surface area (Å²) in [5.41, 5.74) is -1.97. The molecule has 0 atom stereocenters. The van der Waals surface area contributed by atoms with Crippen molar-refractivity contribution >= 4 is 14.1 Å². The van der Waals surface area contributed by atoms with Crippen molar-refractivity contribution in [3.8, 4) is 11.3 Å². The quantitative estimate of drug-likeness (QED) is 0.283. The number of benzene rings is 1. The summed E-state index contributed by atoms with van der Waals surface area (Å²) in [4.78, 5) is 15.8. The molecule has 0 radical (unpaired) electrons. The Labute approximate surface area is 175 Å². The highest BCUT2D eigenvalue weighted by atomic mass is 28.4. The first-order chi connectivity index (χ1) is 13.6. The Morgan fingerprint density at radius 3 is 2.03 bits per heavy atom. The second-order valence-electron chi connectivity index (χ2n) is 9.26. The van der Waals surface area contributed by atoms with Gasteiger partial charge < -0.3 is 4.43 Å². The van der Waals surface area contributed by atoms with Crippen LogP contribution >= 0.6 is 0 Å². The van der Waals surface area contributed by atoms with Gasteiger partial charge in [-0.1, -0.05) is 20.8 Å². The summed E-state index contributed by atoms with van der Waals surface area (Å²) >= 11 is 0. The van der Waals surface area contributed by atoms with Gasteiger partial charge in [0.2, 0.25) is 5.78 Å². The SMILES string of the molecule is CC(C)(O[Si](C)(C)C(C)(C)C)c1cc(C(=O)C(F)F)nc(-c2ccc(F)cc2)c1F. The Bertz CT molecular complexity index is 935. The molecule has 1 aromatic heterocycles. The molecular weight excluding hydrogens is 414 g/mol. The summed E-state index contributed by atoms with van der Waals surface area (Å²) in [6.45, 7) is 13.3. The molecule has 0 saturated carbocycles. The largest absolute Gasteiger partial charge is 0.408 e. The Morgan fingerprint density at radius 1 is 1.03 bits per heavy atom. The summed E-state index contributed by atoms with van der Waals surface area (Å²) in [6.07, 6.45) is -3.29. The van der Waals surface area contributed by atoms with Crippen molar-refractivity contribution < 1.29 is 26.8 Å². The number of Topliss-reactive ketones (excluding diaryl/α,β-unsaturated/α-hetero) is 1. The molecule has 1 aromatic carbocycles. The van der Waals surface area contributed by atoms with Crippen molar-refractivity contribution in [2.75, 3.05) is 0 Å². The summed E-state index contributed by atoms with van der Waals surface area (Å²) < 4.78 is 61.4. The van der Waals surface area contributed by atoms with E-state index in [1.807, 2.05) is 33.9 Å². The van der Waals surface area contributed by atoms with Crippen LogP contribution in [0.15, 0.2) is 30.3 Å². The number of ketones is 1. The number of nitrogens with zero attached hydrogens (tertiary/aromatic N) is 1. The van der Waals surface area contributed by atoms with Gasteiger partial charge in [-0.25, -0.2) is 22.5 Å². The van der Waals surface area contributed by atoms with Crippen LogP contribution in [0.5, 0.6) is 0 Å². The molecule has 1 heterocycles. The molecular formula is C22H27F4NO2Si. The average molecular weight is 442 g/mol. The predicted molar refractivity (Wildman–Crippen MR) is 111 cm³/mol. The van der Waals surface area contributed by atoms with Crippen LogP contribution in [-0.4, -0.2) is 25.5 Å². The molecule has 8 heteroatoms. The molecule has 3 nitrogen and oxygen atoms in total. The van der Waals surface area contributed by atoms with Crippen LogP contribution in [-0.2, 0) is 10.0 Å². The first-order valence-electron chi connectivity index (χ1n) is 9.56. The molecule has 0 N–H and O–H groups in total. The van der Waals surface area contributed by atoms with Gasteiger partial charge in [-0.2, -0.15) is 0 Å². The predicted octanol–water partition coefficient (Wildman–Crippen LogP) is 6.73. The highest BCUT2D eigenvalue weighted by Crippen LogP contribution is 2.43. The number of halogens is 4. The van der Waals surface area contributed by atoms with Crippen molar-refractivity contribution in [2.24, 2.45) is 0 Å². The lowest BCUT2D eigenvalue weighted by Crippen LogP contribution is -2.46. The first kappa shape index (κ1) is 24.2. The van der Waals surface area contributed by atoms with Crippen LogP contribution in [0.3, 0.4) is 0 Å². The van der Waals surface area contributed by atoms with Gasteiger partial charge in [0.1, 0.15) is 17.2 Å². The van der Waals surface area contributed by atoms with Gasteiger partial charge in [0, 0.05) is 11.1 Å². The molecule has 0 aliphatic rings. The smallest absolute Gasteiger partial charge is 0.302 e. The van der Waals surface area contributed by atoms with Gasteiger partial charge in [-0.05, 0) is 62.3 Å². The van der Waals surface area contributed by atoms with E-state index in [1.54, 1.807) is 13.8 Å². The van der Waals surface area contributed by atoms with Crippen molar-refractivity contribution in [2.45, 2.75) is 64.8 Å². The van der Waals surface area contributed by atoms with E-state index < -0.39 is 43.5 Å². The minimum absolute atomic E-state index is 0.0503. The van der Waals surface area contributed by atoms with Crippen LogP contribution in [0.4, 0.5) is 17.6 Å².